The van der Waals surface area contributed by atoms with Crippen molar-refractivity contribution in [3.63, 3.8) is 0 Å². The maximum absolute atomic E-state index is 13.3. The largest absolute Gasteiger partial charge is 0.376 e. The molecule has 4 atom stereocenters. The summed E-state index contributed by atoms with van der Waals surface area (Å²) in [7, 11) is 1.79. The lowest BCUT2D eigenvalue weighted by atomic mass is 9.88. The molecule has 2 bridgehead atoms. The summed E-state index contributed by atoms with van der Waals surface area (Å²) in [6.07, 6.45) is 0.579. The van der Waals surface area contributed by atoms with Crippen molar-refractivity contribution in [3.05, 3.63) is 59.7 Å². The lowest BCUT2D eigenvalue weighted by Gasteiger charge is -2.47. The van der Waals surface area contributed by atoms with Crippen molar-refractivity contribution in [1.82, 2.24) is 14.5 Å². The van der Waals surface area contributed by atoms with Crippen molar-refractivity contribution in [3.8, 4) is 0 Å². The summed E-state index contributed by atoms with van der Waals surface area (Å²) in [5, 5.41) is 7.58. The fraction of sp³-hybridized carbons (Fsp3) is 0.321. The summed E-state index contributed by atoms with van der Waals surface area (Å²) in [4.78, 5) is 13.3. The lowest BCUT2D eigenvalue weighted by Crippen LogP contribution is -2.53. The van der Waals surface area contributed by atoms with Gasteiger partial charge in [0.25, 0.3) is 5.91 Å². The van der Waals surface area contributed by atoms with Gasteiger partial charge in [-0.2, -0.15) is 0 Å². The number of nitrogens with one attached hydrogen (secondary N) is 1. The van der Waals surface area contributed by atoms with Gasteiger partial charge in [-0.25, -0.2) is 0 Å². The number of fused-ring (bicyclic) bond motifs is 13. The molecule has 8 rings (SSSR count). The Morgan fingerprint density at radius 1 is 1.03 bits per heavy atom. The molecule has 1 N–H and O–H groups in total. The summed E-state index contributed by atoms with van der Waals surface area (Å²) < 4.78 is 17.9. The van der Waals surface area contributed by atoms with Crippen LogP contribution in [0.3, 0.4) is 0 Å². The number of aromatic nitrogens is 2. The van der Waals surface area contributed by atoms with Crippen LogP contribution in [0.5, 0.6) is 0 Å². The Balaban J connectivity index is 1.75. The van der Waals surface area contributed by atoms with Crippen molar-refractivity contribution in [1.29, 1.82) is 0 Å². The normalized spacial score (nSPS) is 27.7. The highest BCUT2D eigenvalue weighted by atomic mass is 16.6. The maximum atomic E-state index is 13.3. The monoisotopic (exact) mass is 451 g/mol. The topological polar surface area (TPSA) is 57.4 Å². The zero-order valence-corrected chi connectivity index (χ0v) is 19.4. The van der Waals surface area contributed by atoms with Crippen LogP contribution in [0.25, 0.3) is 43.6 Å². The van der Waals surface area contributed by atoms with Crippen molar-refractivity contribution >= 4 is 49.5 Å². The van der Waals surface area contributed by atoms with E-state index in [1.807, 2.05) is 0 Å². The Kier molecular flexibility index (Phi) is 3.36. The average molecular weight is 452 g/mol. The van der Waals surface area contributed by atoms with Crippen molar-refractivity contribution in [2.75, 3.05) is 7.11 Å². The van der Waals surface area contributed by atoms with Gasteiger partial charge in [0.2, 0.25) is 0 Å². The van der Waals surface area contributed by atoms with Gasteiger partial charge in [-0.05, 0) is 37.0 Å². The molecule has 5 heterocycles. The van der Waals surface area contributed by atoms with E-state index in [1.165, 1.54) is 0 Å². The van der Waals surface area contributed by atoms with Crippen molar-refractivity contribution in [2.45, 2.75) is 44.9 Å². The summed E-state index contributed by atoms with van der Waals surface area (Å²) in [5.41, 5.74) is 5.68. The van der Waals surface area contributed by atoms with Crippen LogP contribution in [0.1, 0.15) is 42.4 Å². The van der Waals surface area contributed by atoms with Gasteiger partial charge >= 0.3 is 0 Å². The molecule has 3 aromatic carbocycles. The molecule has 0 radical (unpaired) electrons. The van der Waals surface area contributed by atoms with Gasteiger partial charge in [-0.3, -0.25) is 4.79 Å². The molecule has 3 aliphatic rings. The van der Waals surface area contributed by atoms with Crippen LogP contribution < -0.4 is 5.32 Å². The molecule has 6 heteroatoms. The number of para-hydroxylation sites is 2. The minimum absolute atomic E-state index is 0.0131. The van der Waals surface area contributed by atoms with E-state index in [4.69, 9.17) is 9.47 Å². The smallest absolute Gasteiger partial charge is 0.252 e. The molecule has 0 aliphatic carbocycles. The predicted octanol–water partition coefficient (Wildman–Crippen LogP) is 5.40. The van der Waals surface area contributed by atoms with Crippen molar-refractivity contribution < 1.29 is 14.3 Å². The van der Waals surface area contributed by atoms with Gasteiger partial charge in [0.05, 0.1) is 27.6 Å². The number of rotatable bonds is 1. The van der Waals surface area contributed by atoms with E-state index in [0.29, 0.717) is 6.54 Å². The number of benzene rings is 3. The second kappa shape index (κ2) is 6.01. The summed E-state index contributed by atoms with van der Waals surface area (Å²) in [6.45, 7) is 4.98. The Morgan fingerprint density at radius 3 is 2.50 bits per heavy atom. The molecule has 0 unspecified atom stereocenters. The SMILES string of the molecule is CO[C@H]1[C@@H](C)C[C@H]2O[C@]1(C)n1c3ccccc3c3c4c(c5c6ccccc6n2c5c31)C(=O)NC4. The first-order chi connectivity index (χ1) is 16.5. The Labute approximate surface area is 196 Å². The van der Waals surface area contributed by atoms with Crippen LogP contribution in [0.4, 0.5) is 0 Å². The highest BCUT2D eigenvalue weighted by Gasteiger charge is 2.52. The van der Waals surface area contributed by atoms with Crippen LogP contribution in [0.15, 0.2) is 48.5 Å². The van der Waals surface area contributed by atoms with Gasteiger partial charge in [0, 0.05) is 35.2 Å². The number of hydrogen-bond acceptors (Lipinski definition) is 3. The minimum atomic E-state index is -0.699. The van der Waals surface area contributed by atoms with Gasteiger partial charge < -0.3 is 23.9 Å². The van der Waals surface area contributed by atoms with Crippen molar-refractivity contribution in [2.24, 2.45) is 5.92 Å². The fourth-order valence-corrected chi connectivity index (χ4v) is 7.39. The third-order valence-electron chi connectivity index (χ3n) is 8.49. The average Bonchev–Trinajstić information content (AvgIpc) is 3.46. The quantitative estimate of drug-likeness (QED) is 0.371. The number of methoxy groups -OCH3 is 1. The zero-order valence-electron chi connectivity index (χ0n) is 19.4. The molecule has 5 aromatic rings. The van der Waals surface area contributed by atoms with E-state index in [2.05, 4.69) is 76.8 Å². The van der Waals surface area contributed by atoms with Crippen LogP contribution >= 0.6 is 0 Å². The number of nitrogens with zero attached hydrogens (tertiary/aromatic N) is 2. The first kappa shape index (κ1) is 19.0. The first-order valence-corrected chi connectivity index (χ1v) is 12.0. The number of hydrogen-bond donors (Lipinski definition) is 1. The Morgan fingerprint density at radius 2 is 1.74 bits per heavy atom. The van der Waals surface area contributed by atoms with Gasteiger partial charge in [-0.15, -0.1) is 0 Å². The number of ether oxygens (including phenoxy) is 2. The molecule has 6 nitrogen and oxygen atoms in total. The molecule has 1 saturated heterocycles. The van der Waals surface area contributed by atoms with Gasteiger partial charge in [-0.1, -0.05) is 43.3 Å². The fourth-order valence-electron chi connectivity index (χ4n) is 7.39. The highest BCUT2D eigenvalue weighted by Crippen LogP contribution is 2.54. The molecule has 34 heavy (non-hydrogen) atoms. The number of carbonyl (C=O) groups is 1. The minimum Gasteiger partial charge on any atom is -0.376 e. The molecule has 1 amide bonds. The lowest BCUT2D eigenvalue weighted by molar-refractivity contribution is -0.264. The third-order valence-corrected chi connectivity index (χ3v) is 8.49. The molecule has 0 spiro atoms. The second-order valence-electron chi connectivity index (χ2n) is 10.2. The molecular weight excluding hydrogens is 426 g/mol. The van der Waals surface area contributed by atoms with Crippen LogP contribution in [-0.2, 0) is 21.7 Å². The number of amides is 1. The molecule has 1 fully saturated rings. The molecule has 2 aromatic heterocycles. The maximum Gasteiger partial charge on any atom is 0.252 e. The van der Waals surface area contributed by atoms with E-state index in [0.717, 1.165) is 61.2 Å². The summed E-state index contributed by atoms with van der Waals surface area (Å²) in [6, 6.07) is 16.9. The zero-order chi connectivity index (χ0) is 22.9. The Hall–Kier alpha value is -3.35. The van der Waals surface area contributed by atoms with E-state index in [-0.39, 0.29) is 24.2 Å². The Bertz CT molecular complexity index is 1730. The first-order valence-electron chi connectivity index (χ1n) is 12.0. The standard InChI is InChI=1S/C28H25N3O3/c1-14-12-20-30-18-10-6-4-8-15(18)22-23-17(13-29-27(23)32)21-16-9-5-7-11-19(16)31(25(21)24(22)30)28(2,34-20)26(14)33-3/h4-11,14,20,26H,12-13H2,1-3H3,(H,29,32)/t14-,20+,26-,28-/m0/s1. The molecular formula is C28H25N3O3. The number of carbonyl (C=O) groups excluding carboxylic acids is 1. The van der Waals surface area contributed by atoms with E-state index in [1.54, 1.807) is 7.11 Å². The van der Waals surface area contributed by atoms with Crippen LogP contribution in [0.2, 0.25) is 0 Å². The second-order valence-corrected chi connectivity index (χ2v) is 10.2. The highest BCUT2D eigenvalue weighted by molar-refractivity contribution is 6.31. The molecule has 3 aliphatic heterocycles. The summed E-state index contributed by atoms with van der Waals surface area (Å²) in [5.74, 6) is 0.296. The molecule has 0 saturated carbocycles. The van der Waals surface area contributed by atoms with Gasteiger partial charge in [0.15, 0.2) is 5.72 Å². The van der Waals surface area contributed by atoms with Crippen LogP contribution in [0, 0.1) is 5.92 Å². The van der Waals surface area contributed by atoms with Crippen LogP contribution in [-0.4, -0.2) is 28.3 Å². The van der Waals surface area contributed by atoms with E-state index < -0.39 is 5.72 Å². The summed E-state index contributed by atoms with van der Waals surface area (Å²) >= 11 is 0. The molecule has 170 valence electrons. The van der Waals surface area contributed by atoms with E-state index in [9.17, 15) is 4.79 Å². The van der Waals surface area contributed by atoms with E-state index >= 15 is 0 Å². The predicted molar refractivity (Wildman–Crippen MR) is 132 cm³/mol. The third kappa shape index (κ3) is 1.93. The van der Waals surface area contributed by atoms with Gasteiger partial charge in [0.1, 0.15) is 12.3 Å².